The van der Waals surface area contributed by atoms with Crippen LogP contribution in [0.25, 0.3) is 5.69 Å². The Morgan fingerprint density at radius 1 is 0.897 bits per heavy atom. The van der Waals surface area contributed by atoms with E-state index >= 15 is 0 Å². The fraction of sp³-hybridized carbons (Fsp3) is 0.182. The fourth-order valence-electron chi connectivity index (χ4n) is 2.91. The number of carbonyl (C=O) groups excluding carboxylic acids is 2. The van der Waals surface area contributed by atoms with Gasteiger partial charge in [-0.25, -0.2) is 0 Å². The summed E-state index contributed by atoms with van der Waals surface area (Å²) in [7, 11) is 3.15. The molecule has 7 heteroatoms. The van der Waals surface area contributed by atoms with Crippen LogP contribution in [-0.2, 0) is 11.2 Å². The highest BCUT2D eigenvalue weighted by Gasteiger charge is 2.13. The highest BCUT2D eigenvalue weighted by Crippen LogP contribution is 2.23. The molecule has 29 heavy (non-hydrogen) atoms. The van der Waals surface area contributed by atoms with Crippen LogP contribution in [0, 0.1) is 0 Å². The second-order valence-corrected chi connectivity index (χ2v) is 6.33. The third-order valence-electron chi connectivity index (χ3n) is 4.40. The number of hydrogen-bond acceptors (Lipinski definition) is 4. The molecule has 0 radical (unpaired) electrons. The van der Waals surface area contributed by atoms with Gasteiger partial charge >= 0.3 is 0 Å². The first-order valence-corrected chi connectivity index (χ1v) is 9.14. The molecule has 150 valence electrons. The van der Waals surface area contributed by atoms with Gasteiger partial charge in [0, 0.05) is 24.9 Å². The lowest BCUT2D eigenvalue weighted by atomic mass is 10.1. The van der Waals surface area contributed by atoms with Gasteiger partial charge in [0.1, 0.15) is 11.5 Å². The van der Waals surface area contributed by atoms with E-state index in [1.807, 2.05) is 53.4 Å². The third kappa shape index (κ3) is 5.16. The van der Waals surface area contributed by atoms with E-state index in [0.717, 1.165) is 11.3 Å². The molecule has 2 amide bonds. The van der Waals surface area contributed by atoms with Crippen LogP contribution in [0.3, 0.4) is 0 Å². The molecule has 2 aromatic carbocycles. The van der Waals surface area contributed by atoms with Gasteiger partial charge in [-0.05, 0) is 48.4 Å². The maximum absolute atomic E-state index is 12.5. The van der Waals surface area contributed by atoms with Gasteiger partial charge in [-0.3, -0.25) is 20.4 Å². The predicted octanol–water partition coefficient (Wildman–Crippen LogP) is 2.89. The van der Waals surface area contributed by atoms with Crippen molar-refractivity contribution in [2.24, 2.45) is 0 Å². The number of benzene rings is 2. The normalized spacial score (nSPS) is 10.3. The van der Waals surface area contributed by atoms with Crippen molar-refractivity contribution in [2.45, 2.75) is 12.8 Å². The van der Waals surface area contributed by atoms with Gasteiger partial charge in [0.2, 0.25) is 5.91 Å². The first-order chi connectivity index (χ1) is 14.1. The number of nitrogens with one attached hydrogen (secondary N) is 2. The number of para-hydroxylation sites is 1. The zero-order valence-electron chi connectivity index (χ0n) is 16.3. The molecule has 0 aliphatic rings. The Bertz CT molecular complexity index is 961. The maximum atomic E-state index is 12.5. The van der Waals surface area contributed by atoms with E-state index < -0.39 is 0 Å². The first-order valence-electron chi connectivity index (χ1n) is 9.14. The Kier molecular flexibility index (Phi) is 6.52. The van der Waals surface area contributed by atoms with Crippen molar-refractivity contribution in [3.8, 4) is 17.2 Å². The van der Waals surface area contributed by atoms with Crippen LogP contribution in [0.1, 0.15) is 22.3 Å². The summed E-state index contributed by atoms with van der Waals surface area (Å²) in [5.74, 6) is 0.647. The number of methoxy groups -OCH3 is 2. The molecule has 3 aromatic rings. The van der Waals surface area contributed by atoms with Gasteiger partial charge < -0.3 is 14.0 Å². The Morgan fingerprint density at radius 2 is 1.55 bits per heavy atom. The summed E-state index contributed by atoms with van der Waals surface area (Å²) in [5, 5.41) is 0. The van der Waals surface area contributed by atoms with Crippen LogP contribution in [0.5, 0.6) is 11.5 Å². The van der Waals surface area contributed by atoms with Gasteiger partial charge in [0.15, 0.2) is 0 Å². The number of aromatic nitrogens is 1. The van der Waals surface area contributed by atoms with Crippen LogP contribution in [-0.4, -0.2) is 30.6 Å². The van der Waals surface area contributed by atoms with E-state index in [2.05, 4.69) is 10.9 Å². The Labute approximate surface area is 169 Å². The minimum atomic E-state index is -0.384. The molecule has 3 rings (SSSR count). The zero-order valence-corrected chi connectivity index (χ0v) is 16.3. The molecule has 0 atom stereocenters. The smallest absolute Gasteiger partial charge is 0.271 e. The third-order valence-corrected chi connectivity index (χ3v) is 4.40. The van der Waals surface area contributed by atoms with E-state index in [1.54, 1.807) is 32.4 Å². The molecule has 0 fully saturated rings. The minimum absolute atomic E-state index is 0.204. The quantitative estimate of drug-likeness (QED) is 0.605. The monoisotopic (exact) mass is 393 g/mol. The van der Waals surface area contributed by atoms with Crippen molar-refractivity contribution in [3.63, 3.8) is 0 Å². The van der Waals surface area contributed by atoms with Crippen molar-refractivity contribution in [2.75, 3.05) is 14.2 Å². The number of carbonyl (C=O) groups is 2. The van der Waals surface area contributed by atoms with Gasteiger partial charge in [0.05, 0.1) is 25.5 Å². The van der Waals surface area contributed by atoms with Crippen LogP contribution in [0.4, 0.5) is 0 Å². The molecule has 0 saturated carbocycles. The molecule has 1 aromatic heterocycles. The summed E-state index contributed by atoms with van der Waals surface area (Å²) >= 11 is 0. The van der Waals surface area contributed by atoms with Crippen LogP contribution < -0.4 is 20.3 Å². The summed E-state index contributed by atoms with van der Waals surface area (Å²) in [6.45, 7) is 0. The van der Waals surface area contributed by atoms with Gasteiger partial charge in [-0.2, -0.15) is 0 Å². The standard InChI is InChI=1S/C22H23N3O4/c1-28-17-13-16(14-18(15-17)29-2)9-10-21(26)23-24-22(27)19-7-3-4-8-20(19)25-11-5-6-12-25/h3-8,11-15H,9-10H2,1-2H3,(H,23,26)(H,24,27). The average molecular weight is 393 g/mol. The lowest BCUT2D eigenvalue weighted by Crippen LogP contribution is -2.42. The second kappa shape index (κ2) is 9.45. The number of ether oxygens (including phenoxy) is 2. The molecule has 0 aliphatic carbocycles. The highest BCUT2D eigenvalue weighted by atomic mass is 16.5. The van der Waals surface area contributed by atoms with Crippen LogP contribution >= 0.6 is 0 Å². The number of aryl methyl sites for hydroxylation is 1. The topological polar surface area (TPSA) is 81.6 Å². The average Bonchev–Trinajstić information content (AvgIpc) is 3.30. The molecular formula is C22H23N3O4. The molecular weight excluding hydrogens is 370 g/mol. The maximum Gasteiger partial charge on any atom is 0.271 e. The van der Waals surface area contributed by atoms with E-state index in [1.165, 1.54) is 0 Å². The Hall–Kier alpha value is -3.74. The summed E-state index contributed by atoms with van der Waals surface area (Å²) in [4.78, 5) is 24.7. The van der Waals surface area contributed by atoms with Crippen molar-refractivity contribution in [3.05, 3.63) is 78.1 Å². The molecule has 7 nitrogen and oxygen atoms in total. The number of nitrogens with zero attached hydrogens (tertiary/aromatic N) is 1. The Morgan fingerprint density at radius 3 is 2.21 bits per heavy atom. The molecule has 0 aliphatic heterocycles. The molecule has 0 bridgehead atoms. The lowest BCUT2D eigenvalue weighted by Gasteiger charge is -2.12. The number of amides is 2. The summed E-state index contributed by atoms with van der Waals surface area (Å²) < 4.78 is 12.3. The van der Waals surface area contributed by atoms with Crippen molar-refractivity contribution in [1.82, 2.24) is 15.4 Å². The molecule has 1 heterocycles. The minimum Gasteiger partial charge on any atom is -0.497 e. The van der Waals surface area contributed by atoms with Gasteiger partial charge in [-0.1, -0.05) is 12.1 Å². The summed E-state index contributed by atoms with van der Waals surface area (Å²) in [5.41, 5.74) is 7.04. The second-order valence-electron chi connectivity index (χ2n) is 6.33. The SMILES string of the molecule is COc1cc(CCC(=O)NNC(=O)c2ccccc2-n2cccc2)cc(OC)c1. The fourth-order valence-corrected chi connectivity index (χ4v) is 2.91. The molecule has 2 N–H and O–H groups in total. The largest absolute Gasteiger partial charge is 0.497 e. The number of hydrogen-bond donors (Lipinski definition) is 2. The zero-order chi connectivity index (χ0) is 20.6. The van der Waals surface area contributed by atoms with Crippen molar-refractivity contribution in [1.29, 1.82) is 0 Å². The predicted molar refractivity (Wildman–Crippen MR) is 109 cm³/mol. The van der Waals surface area contributed by atoms with Crippen LogP contribution in [0.15, 0.2) is 67.0 Å². The van der Waals surface area contributed by atoms with Gasteiger partial charge in [0.25, 0.3) is 5.91 Å². The summed E-state index contributed by atoms with van der Waals surface area (Å²) in [6, 6.07) is 16.4. The highest BCUT2D eigenvalue weighted by molar-refractivity contribution is 5.98. The Balaban J connectivity index is 1.57. The molecule has 0 saturated heterocycles. The number of hydrazine groups is 1. The molecule has 0 spiro atoms. The molecule has 0 unspecified atom stereocenters. The summed E-state index contributed by atoms with van der Waals surface area (Å²) in [6.07, 6.45) is 4.39. The van der Waals surface area contributed by atoms with Crippen LogP contribution in [0.2, 0.25) is 0 Å². The number of rotatable bonds is 7. The van der Waals surface area contributed by atoms with Gasteiger partial charge in [-0.15, -0.1) is 0 Å². The van der Waals surface area contributed by atoms with E-state index in [4.69, 9.17) is 9.47 Å². The van der Waals surface area contributed by atoms with E-state index in [9.17, 15) is 9.59 Å². The van der Waals surface area contributed by atoms with Crippen molar-refractivity contribution >= 4 is 11.8 Å². The van der Waals surface area contributed by atoms with E-state index in [0.29, 0.717) is 23.5 Å². The first kappa shape index (κ1) is 20.0. The lowest BCUT2D eigenvalue weighted by molar-refractivity contribution is -0.121. The van der Waals surface area contributed by atoms with E-state index in [-0.39, 0.29) is 18.2 Å². The van der Waals surface area contributed by atoms with Crippen molar-refractivity contribution < 1.29 is 19.1 Å².